The lowest BCUT2D eigenvalue weighted by molar-refractivity contribution is 0.101. The number of carbonyl (C=O) groups excluding carboxylic acids is 1. The first-order valence-electron chi connectivity index (χ1n) is 4.11. The highest BCUT2D eigenvalue weighted by Crippen LogP contribution is 2.38. The quantitative estimate of drug-likeness (QED) is 0.626. The van der Waals surface area contributed by atoms with Crippen molar-refractivity contribution in [3.05, 3.63) is 16.1 Å². The van der Waals surface area contributed by atoms with Crippen molar-refractivity contribution in [3.8, 4) is 0 Å². The molecule has 78 valence electrons. The predicted molar refractivity (Wildman–Crippen MR) is 59.0 cm³/mol. The van der Waals surface area contributed by atoms with Gasteiger partial charge in [-0.3, -0.25) is 4.79 Å². The zero-order valence-electron chi connectivity index (χ0n) is 8.17. The molecule has 0 spiro atoms. The minimum absolute atomic E-state index is 0.0936. The second-order valence-electron chi connectivity index (χ2n) is 3.55. The SMILES string of the molecule is CC(=O)c1csc(C(Br)C(C)(C)F)n1. The van der Waals surface area contributed by atoms with Crippen LogP contribution in [0.5, 0.6) is 0 Å². The summed E-state index contributed by atoms with van der Waals surface area (Å²) in [6.07, 6.45) is 0. The molecular formula is C9H11BrFNOS. The number of aromatic nitrogens is 1. The summed E-state index contributed by atoms with van der Waals surface area (Å²) in [5, 5.41) is 2.25. The maximum atomic E-state index is 13.5. The Balaban J connectivity index is 2.92. The van der Waals surface area contributed by atoms with E-state index >= 15 is 0 Å². The minimum atomic E-state index is -1.38. The van der Waals surface area contributed by atoms with Crippen LogP contribution in [0.1, 0.15) is 41.1 Å². The van der Waals surface area contributed by atoms with Gasteiger partial charge in [-0.15, -0.1) is 11.3 Å². The molecule has 1 rings (SSSR count). The van der Waals surface area contributed by atoms with Crippen LogP contribution in [-0.2, 0) is 0 Å². The summed E-state index contributed by atoms with van der Waals surface area (Å²) in [4.78, 5) is 14.6. The van der Waals surface area contributed by atoms with E-state index in [2.05, 4.69) is 20.9 Å². The number of Topliss-reactive ketones (excluding diaryl/α,β-unsaturated/α-hetero) is 1. The Morgan fingerprint density at radius 2 is 2.29 bits per heavy atom. The van der Waals surface area contributed by atoms with Crippen LogP contribution in [0.25, 0.3) is 0 Å². The second-order valence-corrected chi connectivity index (χ2v) is 5.36. The Morgan fingerprint density at radius 1 is 1.71 bits per heavy atom. The molecule has 0 N–H and O–H groups in total. The number of hydrogen-bond donors (Lipinski definition) is 0. The van der Waals surface area contributed by atoms with Gasteiger partial charge in [-0.2, -0.15) is 0 Å². The minimum Gasteiger partial charge on any atom is -0.293 e. The number of rotatable bonds is 3. The zero-order chi connectivity index (χ0) is 10.9. The van der Waals surface area contributed by atoms with E-state index in [0.29, 0.717) is 10.7 Å². The summed E-state index contributed by atoms with van der Waals surface area (Å²) >= 11 is 4.52. The van der Waals surface area contributed by atoms with E-state index in [1.165, 1.54) is 32.1 Å². The lowest BCUT2D eigenvalue weighted by atomic mass is 10.1. The van der Waals surface area contributed by atoms with Crippen molar-refractivity contribution in [2.75, 3.05) is 0 Å². The third-order valence-electron chi connectivity index (χ3n) is 1.70. The molecule has 0 aromatic carbocycles. The molecule has 0 saturated carbocycles. The molecule has 1 atom stereocenters. The highest BCUT2D eigenvalue weighted by Gasteiger charge is 2.30. The molecule has 5 heteroatoms. The van der Waals surface area contributed by atoms with Gasteiger partial charge in [-0.25, -0.2) is 9.37 Å². The Labute approximate surface area is 94.7 Å². The smallest absolute Gasteiger partial charge is 0.178 e. The van der Waals surface area contributed by atoms with Gasteiger partial charge in [0, 0.05) is 12.3 Å². The third kappa shape index (κ3) is 2.60. The van der Waals surface area contributed by atoms with Gasteiger partial charge in [0.1, 0.15) is 16.4 Å². The molecule has 1 aromatic heterocycles. The van der Waals surface area contributed by atoms with E-state index in [0.717, 1.165) is 0 Å². The van der Waals surface area contributed by atoms with Gasteiger partial charge in [0.15, 0.2) is 5.78 Å². The third-order valence-corrected chi connectivity index (χ3v) is 4.44. The van der Waals surface area contributed by atoms with Gasteiger partial charge in [-0.1, -0.05) is 15.9 Å². The lowest BCUT2D eigenvalue weighted by Gasteiger charge is -2.18. The number of ketones is 1. The molecule has 0 bridgehead atoms. The van der Waals surface area contributed by atoms with E-state index in [1.807, 2.05) is 0 Å². The van der Waals surface area contributed by atoms with Gasteiger partial charge in [0.25, 0.3) is 0 Å². The number of alkyl halides is 2. The van der Waals surface area contributed by atoms with Crippen LogP contribution in [0, 0.1) is 0 Å². The topological polar surface area (TPSA) is 30.0 Å². The molecule has 0 aliphatic carbocycles. The van der Waals surface area contributed by atoms with Crippen LogP contribution < -0.4 is 0 Å². The van der Waals surface area contributed by atoms with Crippen molar-refractivity contribution in [1.82, 2.24) is 4.98 Å². The summed E-state index contributed by atoms with van der Waals surface area (Å²) in [6.45, 7) is 4.39. The maximum absolute atomic E-state index is 13.5. The van der Waals surface area contributed by atoms with Crippen LogP contribution in [0.2, 0.25) is 0 Å². The van der Waals surface area contributed by atoms with Gasteiger partial charge >= 0.3 is 0 Å². The van der Waals surface area contributed by atoms with Crippen molar-refractivity contribution in [1.29, 1.82) is 0 Å². The van der Waals surface area contributed by atoms with E-state index in [1.54, 1.807) is 5.38 Å². The molecule has 0 radical (unpaired) electrons. The molecule has 0 saturated heterocycles. The second kappa shape index (κ2) is 4.06. The molecular weight excluding hydrogens is 269 g/mol. The van der Waals surface area contributed by atoms with Crippen LogP contribution in [0.3, 0.4) is 0 Å². The highest BCUT2D eigenvalue weighted by atomic mass is 79.9. The molecule has 2 nitrogen and oxygen atoms in total. The molecule has 0 aliphatic rings. The number of carbonyl (C=O) groups is 1. The monoisotopic (exact) mass is 279 g/mol. The first kappa shape index (κ1) is 11.8. The van der Waals surface area contributed by atoms with E-state index < -0.39 is 10.5 Å². The molecule has 1 aromatic rings. The maximum Gasteiger partial charge on any atom is 0.178 e. The highest BCUT2D eigenvalue weighted by molar-refractivity contribution is 9.09. The van der Waals surface area contributed by atoms with Crippen molar-refractivity contribution in [2.45, 2.75) is 31.3 Å². The van der Waals surface area contributed by atoms with E-state index in [4.69, 9.17) is 0 Å². The standard InChI is InChI=1S/C9H11BrFNOS/c1-5(13)6-4-14-8(12-6)7(10)9(2,3)11/h4,7H,1-3H3. The Hall–Kier alpha value is -0.290. The molecule has 1 unspecified atom stereocenters. The summed E-state index contributed by atoms with van der Waals surface area (Å²) in [7, 11) is 0. The first-order chi connectivity index (χ1) is 6.32. The fourth-order valence-corrected chi connectivity index (χ4v) is 2.29. The average molecular weight is 280 g/mol. The number of nitrogens with zero attached hydrogens (tertiary/aromatic N) is 1. The molecule has 0 amide bonds. The van der Waals surface area contributed by atoms with Crippen molar-refractivity contribution in [2.24, 2.45) is 0 Å². The zero-order valence-corrected chi connectivity index (χ0v) is 10.6. The molecule has 0 aliphatic heterocycles. The van der Waals surface area contributed by atoms with Gasteiger partial charge in [-0.05, 0) is 13.8 Å². The molecule has 14 heavy (non-hydrogen) atoms. The van der Waals surface area contributed by atoms with Crippen LogP contribution in [0.15, 0.2) is 5.38 Å². The van der Waals surface area contributed by atoms with Gasteiger partial charge in [0.2, 0.25) is 0 Å². The number of thiazole rings is 1. The Kier molecular flexibility index (Phi) is 3.42. The number of halogens is 2. The van der Waals surface area contributed by atoms with Crippen molar-refractivity contribution < 1.29 is 9.18 Å². The largest absolute Gasteiger partial charge is 0.293 e. The van der Waals surface area contributed by atoms with Crippen LogP contribution in [-0.4, -0.2) is 16.4 Å². The Bertz CT molecular complexity index is 345. The summed E-state index contributed by atoms with van der Waals surface area (Å²) in [6, 6.07) is 0. The normalized spacial score (nSPS) is 14.1. The molecule has 0 fully saturated rings. The summed E-state index contributed by atoms with van der Waals surface area (Å²) in [5.74, 6) is -0.0936. The van der Waals surface area contributed by atoms with E-state index in [-0.39, 0.29) is 5.78 Å². The average Bonchev–Trinajstić information content (AvgIpc) is 2.48. The van der Waals surface area contributed by atoms with Crippen molar-refractivity contribution in [3.63, 3.8) is 0 Å². The van der Waals surface area contributed by atoms with Gasteiger partial charge < -0.3 is 0 Å². The Morgan fingerprint density at radius 3 is 2.64 bits per heavy atom. The first-order valence-corrected chi connectivity index (χ1v) is 5.91. The van der Waals surface area contributed by atoms with Gasteiger partial charge in [0.05, 0.1) is 4.83 Å². The van der Waals surface area contributed by atoms with Crippen molar-refractivity contribution >= 4 is 33.0 Å². The summed E-state index contributed by atoms with van der Waals surface area (Å²) in [5.41, 5.74) is -0.981. The van der Waals surface area contributed by atoms with E-state index in [9.17, 15) is 9.18 Å². The lowest BCUT2D eigenvalue weighted by Crippen LogP contribution is -2.18. The number of hydrogen-bond acceptors (Lipinski definition) is 3. The fourth-order valence-electron chi connectivity index (χ4n) is 0.859. The molecule has 1 heterocycles. The fraction of sp³-hybridized carbons (Fsp3) is 0.556. The summed E-state index contributed by atoms with van der Waals surface area (Å²) < 4.78 is 13.5. The van der Waals surface area contributed by atoms with Crippen LogP contribution in [0.4, 0.5) is 4.39 Å². The predicted octanol–water partition coefficient (Wildman–Crippen LogP) is 3.53. The van der Waals surface area contributed by atoms with Crippen LogP contribution >= 0.6 is 27.3 Å².